The third-order valence-electron chi connectivity index (χ3n) is 2.77. The number of anilines is 1. The molecule has 0 atom stereocenters. The standard InChI is InChI=1S/C15H14BrNO3/c1-19-13-8-7-10(9-14(13)20-2)15(18)17-12-6-4-3-5-11(12)16/h3-9H,1-2H3,(H,17,18). The third-order valence-corrected chi connectivity index (χ3v) is 3.46. The van der Waals surface area contributed by atoms with Crippen molar-refractivity contribution in [1.29, 1.82) is 0 Å². The third kappa shape index (κ3) is 3.11. The monoisotopic (exact) mass is 335 g/mol. The maximum Gasteiger partial charge on any atom is 0.255 e. The molecule has 2 aromatic rings. The Bertz CT molecular complexity index is 628. The van der Waals surface area contributed by atoms with E-state index in [-0.39, 0.29) is 5.91 Å². The molecule has 0 aromatic heterocycles. The summed E-state index contributed by atoms with van der Waals surface area (Å²) < 4.78 is 11.2. The zero-order chi connectivity index (χ0) is 14.5. The molecule has 0 aliphatic heterocycles. The first-order valence-corrected chi connectivity index (χ1v) is 6.73. The Morgan fingerprint density at radius 1 is 1.05 bits per heavy atom. The average molecular weight is 336 g/mol. The summed E-state index contributed by atoms with van der Waals surface area (Å²) in [5.41, 5.74) is 1.21. The first-order chi connectivity index (χ1) is 9.65. The molecule has 0 radical (unpaired) electrons. The highest BCUT2D eigenvalue weighted by Gasteiger charge is 2.11. The van der Waals surface area contributed by atoms with Gasteiger partial charge in [-0.1, -0.05) is 12.1 Å². The molecule has 5 heteroatoms. The average Bonchev–Trinajstić information content (AvgIpc) is 2.48. The smallest absolute Gasteiger partial charge is 0.255 e. The van der Waals surface area contributed by atoms with E-state index in [1.54, 1.807) is 25.3 Å². The Hall–Kier alpha value is -2.01. The molecular formula is C15H14BrNO3. The second-order valence-corrected chi connectivity index (χ2v) is 4.86. The number of halogens is 1. The van der Waals surface area contributed by atoms with Crippen LogP contribution in [-0.2, 0) is 0 Å². The molecule has 0 saturated heterocycles. The number of amides is 1. The normalized spacial score (nSPS) is 9.95. The van der Waals surface area contributed by atoms with Crippen LogP contribution in [0.2, 0.25) is 0 Å². The second-order valence-electron chi connectivity index (χ2n) is 4.00. The van der Waals surface area contributed by atoms with Gasteiger partial charge in [0.15, 0.2) is 11.5 Å². The summed E-state index contributed by atoms with van der Waals surface area (Å²) in [6.07, 6.45) is 0. The second kappa shape index (κ2) is 6.43. The van der Waals surface area contributed by atoms with Gasteiger partial charge in [0.2, 0.25) is 0 Å². The van der Waals surface area contributed by atoms with Gasteiger partial charge in [0, 0.05) is 10.0 Å². The quantitative estimate of drug-likeness (QED) is 0.926. The Morgan fingerprint density at radius 2 is 1.75 bits per heavy atom. The minimum absolute atomic E-state index is 0.210. The van der Waals surface area contributed by atoms with Crippen molar-refractivity contribution in [2.75, 3.05) is 19.5 Å². The minimum atomic E-state index is -0.210. The van der Waals surface area contributed by atoms with Gasteiger partial charge in [0.05, 0.1) is 19.9 Å². The van der Waals surface area contributed by atoms with E-state index < -0.39 is 0 Å². The van der Waals surface area contributed by atoms with Crippen molar-refractivity contribution in [3.63, 3.8) is 0 Å². The lowest BCUT2D eigenvalue weighted by Crippen LogP contribution is -2.12. The van der Waals surface area contributed by atoms with Gasteiger partial charge in [-0.2, -0.15) is 0 Å². The fourth-order valence-corrected chi connectivity index (χ4v) is 2.12. The van der Waals surface area contributed by atoms with E-state index in [4.69, 9.17) is 9.47 Å². The number of carbonyl (C=O) groups is 1. The van der Waals surface area contributed by atoms with Crippen molar-refractivity contribution in [2.24, 2.45) is 0 Å². The molecule has 0 bridgehead atoms. The van der Waals surface area contributed by atoms with Crippen LogP contribution in [0.5, 0.6) is 11.5 Å². The van der Waals surface area contributed by atoms with Crippen molar-refractivity contribution in [2.45, 2.75) is 0 Å². The van der Waals surface area contributed by atoms with Gasteiger partial charge in [0.25, 0.3) is 5.91 Å². The van der Waals surface area contributed by atoms with Crippen LogP contribution in [0, 0.1) is 0 Å². The Morgan fingerprint density at radius 3 is 2.40 bits per heavy atom. The number of hydrogen-bond donors (Lipinski definition) is 1. The molecule has 2 aromatic carbocycles. The van der Waals surface area contributed by atoms with Crippen LogP contribution in [0.1, 0.15) is 10.4 Å². The predicted molar refractivity (Wildman–Crippen MR) is 81.6 cm³/mol. The Labute approximate surface area is 125 Å². The predicted octanol–water partition coefficient (Wildman–Crippen LogP) is 3.72. The highest BCUT2D eigenvalue weighted by atomic mass is 79.9. The number of hydrogen-bond acceptors (Lipinski definition) is 3. The zero-order valence-electron chi connectivity index (χ0n) is 11.1. The number of para-hydroxylation sites is 1. The van der Waals surface area contributed by atoms with E-state index in [0.717, 1.165) is 4.47 Å². The van der Waals surface area contributed by atoms with E-state index >= 15 is 0 Å². The number of benzene rings is 2. The van der Waals surface area contributed by atoms with Crippen LogP contribution in [-0.4, -0.2) is 20.1 Å². The fraction of sp³-hybridized carbons (Fsp3) is 0.133. The van der Waals surface area contributed by atoms with Crippen LogP contribution in [0.4, 0.5) is 5.69 Å². The first kappa shape index (κ1) is 14.4. The van der Waals surface area contributed by atoms with Crippen LogP contribution in [0.3, 0.4) is 0 Å². The summed E-state index contributed by atoms with van der Waals surface area (Å²) >= 11 is 3.39. The van der Waals surface area contributed by atoms with E-state index in [1.807, 2.05) is 24.3 Å². The Kier molecular flexibility index (Phi) is 4.63. The molecule has 0 unspecified atom stereocenters. The van der Waals surface area contributed by atoms with Crippen molar-refractivity contribution in [1.82, 2.24) is 0 Å². The molecule has 0 saturated carbocycles. The van der Waals surface area contributed by atoms with Crippen LogP contribution in [0.15, 0.2) is 46.9 Å². The molecule has 2 rings (SSSR count). The molecule has 0 aliphatic rings. The summed E-state index contributed by atoms with van der Waals surface area (Å²) in [5, 5.41) is 2.83. The number of carbonyl (C=O) groups excluding carboxylic acids is 1. The lowest BCUT2D eigenvalue weighted by atomic mass is 10.2. The summed E-state index contributed by atoms with van der Waals surface area (Å²) in [5.74, 6) is 0.898. The zero-order valence-corrected chi connectivity index (χ0v) is 12.7. The molecule has 1 amide bonds. The van der Waals surface area contributed by atoms with Gasteiger partial charge in [0.1, 0.15) is 0 Å². The molecule has 0 fully saturated rings. The van der Waals surface area contributed by atoms with Gasteiger partial charge >= 0.3 is 0 Å². The number of ether oxygens (including phenoxy) is 2. The van der Waals surface area contributed by atoms with Gasteiger partial charge in [-0.3, -0.25) is 4.79 Å². The molecule has 1 N–H and O–H groups in total. The Balaban J connectivity index is 2.24. The molecule has 0 heterocycles. The van der Waals surface area contributed by atoms with Gasteiger partial charge < -0.3 is 14.8 Å². The summed E-state index contributed by atoms with van der Waals surface area (Å²) in [6, 6.07) is 12.5. The molecule has 104 valence electrons. The largest absolute Gasteiger partial charge is 0.493 e. The molecule has 4 nitrogen and oxygen atoms in total. The SMILES string of the molecule is COc1ccc(C(=O)Nc2ccccc2Br)cc1OC. The fourth-order valence-electron chi connectivity index (χ4n) is 1.73. The van der Waals surface area contributed by atoms with Crippen LogP contribution < -0.4 is 14.8 Å². The maximum atomic E-state index is 12.2. The topological polar surface area (TPSA) is 47.6 Å². The van der Waals surface area contributed by atoms with Crippen molar-refractivity contribution >= 4 is 27.5 Å². The molecular weight excluding hydrogens is 322 g/mol. The summed E-state index contributed by atoms with van der Waals surface area (Å²) in [4.78, 5) is 12.2. The first-order valence-electron chi connectivity index (χ1n) is 5.93. The van der Waals surface area contributed by atoms with Crippen molar-refractivity contribution < 1.29 is 14.3 Å². The summed E-state index contributed by atoms with van der Waals surface area (Å²) in [6.45, 7) is 0. The lowest BCUT2D eigenvalue weighted by molar-refractivity contribution is 0.102. The highest BCUT2D eigenvalue weighted by molar-refractivity contribution is 9.10. The van der Waals surface area contributed by atoms with Crippen LogP contribution in [0.25, 0.3) is 0 Å². The van der Waals surface area contributed by atoms with Crippen molar-refractivity contribution in [3.8, 4) is 11.5 Å². The van der Waals surface area contributed by atoms with Crippen LogP contribution >= 0.6 is 15.9 Å². The maximum absolute atomic E-state index is 12.2. The van der Waals surface area contributed by atoms with Gasteiger partial charge in [-0.25, -0.2) is 0 Å². The van der Waals surface area contributed by atoms with E-state index in [0.29, 0.717) is 22.7 Å². The molecule has 0 spiro atoms. The van der Waals surface area contributed by atoms with Gasteiger partial charge in [-0.15, -0.1) is 0 Å². The van der Waals surface area contributed by atoms with Gasteiger partial charge in [-0.05, 0) is 46.3 Å². The van der Waals surface area contributed by atoms with E-state index in [2.05, 4.69) is 21.2 Å². The highest BCUT2D eigenvalue weighted by Crippen LogP contribution is 2.28. The van der Waals surface area contributed by atoms with E-state index in [1.165, 1.54) is 7.11 Å². The molecule has 20 heavy (non-hydrogen) atoms. The summed E-state index contributed by atoms with van der Waals surface area (Å²) in [7, 11) is 3.09. The number of rotatable bonds is 4. The molecule has 0 aliphatic carbocycles. The van der Waals surface area contributed by atoms with Crippen molar-refractivity contribution in [3.05, 3.63) is 52.5 Å². The number of methoxy groups -OCH3 is 2. The number of nitrogens with one attached hydrogen (secondary N) is 1. The minimum Gasteiger partial charge on any atom is -0.493 e. The lowest BCUT2D eigenvalue weighted by Gasteiger charge is -2.10. The van der Waals surface area contributed by atoms with E-state index in [9.17, 15) is 4.79 Å².